The zero-order valence-electron chi connectivity index (χ0n) is 10.3. The van der Waals surface area contributed by atoms with Gasteiger partial charge in [-0.25, -0.2) is 0 Å². The average molecular weight is 231 g/mol. The van der Waals surface area contributed by atoms with Crippen molar-refractivity contribution < 1.29 is 5.21 Å². The van der Waals surface area contributed by atoms with Crippen LogP contribution in [-0.2, 0) is 6.42 Å². The van der Waals surface area contributed by atoms with E-state index in [0.717, 1.165) is 25.0 Å². The largest absolute Gasteiger partial charge is 0.411 e. The summed E-state index contributed by atoms with van der Waals surface area (Å²) in [5.74, 6) is 0.433. The fourth-order valence-electron chi connectivity index (χ4n) is 2.67. The van der Waals surface area contributed by atoms with E-state index < -0.39 is 0 Å². The third-order valence-electron chi connectivity index (χ3n) is 3.66. The van der Waals surface area contributed by atoms with Gasteiger partial charge in [0.05, 0.1) is 5.71 Å². The minimum atomic E-state index is 0.433. The second kappa shape index (κ2) is 6.43. The second-order valence-electron chi connectivity index (χ2n) is 4.93. The predicted molar refractivity (Wildman–Crippen MR) is 70.6 cm³/mol. The minimum absolute atomic E-state index is 0.433. The molecule has 0 amide bonds. The van der Waals surface area contributed by atoms with E-state index in [1.54, 1.807) is 0 Å². The highest BCUT2D eigenvalue weighted by molar-refractivity contribution is 5.86. The molecule has 2 rings (SSSR count). The third-order valence-corrected chi connectivity index (χ3v) is 3.66. The lowest BCUT2D eigenvalue weighted by molar-refractivity contribution is 0.310. The SMILES string of the molecule is ON=C1CCCCCCC1Cc1ccccc1. The van der Waals surface area contributed by atoms with E-state index in [0.29, 0.717) is 5.92 Å². The van der Waals surface area contributed by atoms with Crippen LogP contribution in [0.3, 0.4) is 0 Å². The molecule has 2 nitrogen and oxygen atoms in total. The molecule has 1 fully saturated rings. The molecule has 1 aliphatic rings. The van der Waals surface area contributed by atoms with E-state index in [9.17, 15) is 0 Å². The molecule has 0 aromatic heterocycles. The van der Waals surface area contributed by atoms with Crippen molar-refractivity contribution in [1.29, 1.82) is 0 Å². The summed E-state index contributed by atoms with van der Waals surface area (Å²) in [6.45, 7) is 0. The van der Waals surface area contributed by atoms with Gasteiger partial charge in [-0.1, -0.05) is 54.8 Å². The second-order valence-corrected chi connectivity index (χ2v) is 4.93. The fraction of sp³-hybridized carbons (Fsp3) is 0.533. The molecule has 1 aromatic carbocycles. The van der Waals surface area contributed by atoms with E-state index in [1.165, 1.54) is 31.2 Å². The Bertz CT molecular complexity index is 358. The Kier molecular flexibility index (Phi) is 4.60. The van der Waals surface area contributed by atoms with Crippen molar-refractivity contribution in [3.8, 4) is 0 Å². The number of benzene rings is 1. The van der Waals surface area contributed by atoms with E-state index in [2.05, 4.69) is 29.4 Å². The van der Waals surface area contributed by atoms with Crippen LogP contribution in [-0.4, -0.2) is 10.9 Å². The monoisotopic (exact) mass is 231 g/mol. The molecule has 1 N–H and O–H groups in total. The van der Waals surface area contributed by atoms with E-state index >= 15 is 0 Å². The Morgan fingerprint density at radius 1 is 1.06 bits per heavy atom. The molecular formula is C15H21NO. The summed E-state index contributed by atoms with van der Waals surface area (Å²) in [4.78, 5) is 0. The molecule has 1 saturated carbocycles. The van der Waals surface area contributed by atoms with Gasteiger partial charge < -0.3 is 5.21 Å². The lowest BCUT2D eigenvalue weighted by Gasteiger charge is -2.20. The topological polar surface area (TPSA) is 32.6 Å². The predicted octanol–water partition coefficient (Wildman–Crippen LogP) is 4.03. The van der Waals surface area contributed by atoms with Crippen LogP contribution in [0.25, 0.3) is 0 Å². The van der Waals surface area contributed by atoms with Crippen molar-refractivity contribution >= 4 is 5.71 Å². The first-order valence-corrected chi connectivity index (χ1v) is 6.65. The molecule has 1 aliphatic carbocycles. The van der Waals surface area contributed by atoms with Gasteiger partial charge in [-0.15, -0.1) is 0 Å². The average Bonchev–Trinajstić information content (AvgIpc) is 2.34. The molecule has 2 heteroatoms. The highest BCUT2D eigenvalue weighted by Gasteiger charge is 2.18. The normalized spacial score (nSPS) is 24.2. The van der Waals surface area contributed by atoms with Gasteiger partial charge >= 0.3 is 0 Å². The van der Waals surface area contributed by atoms with Crippen LogP contribution in [0, 0.1) is 5.92 Å². The smallest absolute Gasteiger partial charge is 0.0604 e. The summed E-state index contributed by atoms with van der Waals surface area (Å²) in [5.41, 5.74) is 2.35. The molecule has 1 aromatic rings. The van der Waals surface area contributed by atoms with Gasteiger partial charge in [0.2, 0.25) is 0 Å². The zero-order chi connectivity index (χ0) is 11.9. The van der Waals surface area contributed by atoms with Gasteiger partial charge in [-0.2, -0.15) is 0 Å². The highest BCUT2D eigenvalue weighted by atomic mass is 16.4. The van der Waals surface area contributed by atoms with Crippen molar-refractivity contribution in [2.45, 2.75) is 44.9 Å². The van der Waals surface area contributed by atoms with Gasteiger partial charge in [-0.05, 0) is 31.2 Å². The van der Waals surface area contributed by atoms with Gasteiger partial charge in [0.1, 0.15) is 0 Å². The Labute approximate surface area is 103 Å². The Balaban J connectivity index is 2.05. The zero-order valence-corrected chi connectivity index (χ0v) is 10.3. The fourth-order valence-corrected chi connectivity index (χ4v) is 2.67. The summed E-state index contributed by atoms with van der Waals surface area (Å²) in [7, 11) is 0. The van der Waals surface area contributed by atoms with Crippen molar-refractivity contribution in [1.82, 2.24) is 0 Å². The number of oxime groups is 1. The van der Waals surface area contributed by atoms with Crippen molar-refractivity contribution in [3.05, 3.63) is 35.9 Å². The lowest BCUT2D eigenvalue weighted by atomic mass is 9.85. The van der Waals surface area contributed by atoms with Gasteiger partial charge in [0, 0.05) is 5.92 Å². The van der Waals surface area contributed by atoms with Crippen molar-refractivity contribution in [2.75, 3.05) is 0 Å². The molecule has 0 bridgehead atoms. The first kappa shape index (κ1) is 12.2. The Hall–Kier alpha value is -1.31. The van der Waals surface area contributed by atoms with Crippen LogP contribution >= 0.6 is 0 Å². The molecule has 1 atom stereocenters. The van der Waals surface area contributed by atoms with E-state index in [-0.39, 0.29) is 0 Å². The number of hydrogen-bond acceptors (Lipinski definition) is 2. The molecule has 92 valence electrons. The summed E-state index contributed by atoms with van der Waals surface area (Å²) < 4.78 is 0. The van der Waals surface area contributed by atoms with Crippen LogP contribution in [0.4, 0.5) is 0 Å². The van der Waals surface area contributed by atoms with Crippen LogP contribution in [0.1, 0.15) is 44.1 Å². The molecule has 0 aliphatic heterocycles. The van der Waals surface area contributed by atoms with Crippen LogP contribution in [0.2, 0.25) is 0 Å². The van der Waals surface area contributed by atoms with Crippen LogP contribution < -0.4 is 0 Å². The number of rotatable bonds is 2. The van der Waals surface area contributed by atoms with Gasteiger partial charge in [0.15, 0.2) is 0 Å². The number of hydrogen-bond donors (Lipinski definition) is 1. The molecule has 0 heterocycles. The number of nitrogens with zero attached hydrogens (tertiary/aromatic N) is 1. The van der Waals surface area contributed by atoms with Crippen molar-refractivity contribution in [2.24, 2.45) is 11.1 Å². The molecule has 0 spiro atoms. The molecule has 1 unspecified atom stereocenters. The highest BCUT2D eigenvalue weighted by Crippen LogP contribution is 2.23. The van der Waals surface area contributed by atoms with E-state index in [1.807, 2.05) is 6.07 Å². The maximum absolute atomic E-state index is 9.14. The molecular weight excluding hydrogens is 210 g/mol. The quantitative estimate of drug-likeness (QED) is 0.605. The Morgan fingerprint density at radius 2 is 1.82 bits per heavy atom. The molecule has 17 heavy (non-hydrogen) atoms. The lowest BCUT2D eigenvalue weighted by Crippen LogP contribution is -2.19. The first-order valence-electron chi connectivity index (χ1n) is 6.65. The standard InChI is InChI=1S/C15H21NO/c17-16-15-11-7-2-1-6-10-14(15)12-13-8-4-3-5-9-13/h3-5,8-9,14,17H,1-2,6-7,10-12H2. The summed E-state index contributed by atoms with van der Waals surface area (Å²) >= 11 is 0. The summed E-state index contributed by atoms with van der Waals surface area (Å²) in [6, 6.07) is 10.5. The molecule has 0 saturated heterocycles. The molecule has 0 radical (unpaired) electrons. The van der Waals surface area contributed by atoms with Crippen LogP contribution in [0.15, 0.2) is 35.5 Å². The van der Waals surface area contributed by atoms with E-state index in [4.69, 9.17) is 5.21 Å². The van der Waals surface area contributed by atoms with Gasteiger partial charge in [-0.3, -0.25) is 0 Å². The maximum atomic E-state index is 9.14. The summed E-state index contributed by atoms with van der Waals surface area (Å²) in [6.07, 6.45) is 8.17. The van der Waals surface area contributed by atoms with Crippen molar-refractivity contribution in [3.63, 3.8) is 0 Å². The van der Waals surface area contributed by atoms with Crippen LogP contribution in [0.5, 0.6) is 0 Å². The minimum Gasteiger partial charge on any atom is -0.411 e. The Morgan fingerprint density at radius 3 is 2.59 bits per heavy atom. The summed E-state index contributed by atoms with van der Waals surface area (Å²) in [5, 5.41) is 12.7. The van der Waals surface area contributed by atoms with Gasteiger partial charge in [0.25, 0.3) is 0 Å². The first-order chi connectivity index (χ1) is 8.40. The third kappa shape index (κ3) is 3.58. The maximum Gasteiger partial charge on any atom is 0.0604 e.